The molecule has 4 rings (SSSR count). The molecule has 2 aromatic carbocycles. The van der Waals surface area contributed by atoms with Gasteiger partial charge in [0.1, 0.15) is 0 Å². The highest BCUT2D eigenvalue weighted by molar-refractivity contribution is 14.1. The minimum Gasteiger partial charge on any atom is -0.391 e. The number of aliphatic hydroxyl groups is 1. The van der Waals surface area contributed by atoms with E-state index in [2.05, 4.69) is 82.6 Å². The van der Waals surface area contributed by atoms with Crippen LogP contribution in [-0.4, -0.2) is 48.3 Å². The van der Waals surface area contributed by atoms with E-state index in [0.29, 0.717) is 0 Å². The van der Waals surface area contributed by atoms with Crippen LogP contribution >= 0.6 is 22.6 Å². The van der Waals surface area contributed by atoms with Crippen molar-refractivity contribution in [2.45, 2.75) is 38.8 Å². The third-order valence-electron chi connectivity index (χ3n) is 5.99. The standard InChI is InChI=1S/C22H27IN2O/c1-15-6-7-16(2)20(12-15)24-8-10-25(11-9-24)21-14-18-17(13-22(21)26)4-3-5-19(18)23/h3-7,12,21-22,26H,8-11,13-14H2,1-2H3. The van der Waals surface area contributed by atoms with E-state index < -0.39 is 0 Å². The van der Waals surface area contributed by atoms with Crippen molar-refractivity contribution in [1.29, 1.82) is 0 Å². The number of hydrogen-bond acceptors (Lipinski definition) is 3. The van der Waals surface area contributed by atoms with E-state index in [1.165, 1.54) is 31.5 Å². The normalized spacial score (nSPS) is 23.8. The van der Waals surface area contributed by atoms with Crippen LogP contribution in [0.5, 0.6) is 0 Å². The number of fused-ring (bicyclic) bond motifs is 1. The van der Waals surface area contributed by atoms with Gasteiger partial charge in [0.2, 0.25) is 0 Å². The zero-order chi connectivity index (χ0) is 18.3. The van der Waals surface area contributed by atoms with Gasteiger partial charge in [-0.05, 0) is 77.2 Å². The summed E-state index contributed by atoms with van der Waals surface area (Å²) in [7, 11) is 0. The molecule has 0 bridgehead atoms. The van der Waals surface area contributed by atoms with Crippen molar-refractivity contribution in [3.05, 3.63) is 62.2 Å². The van der Waals surface area contributed by atoms with Crippen LogP contribution in [0, 0.1) is 17.4 Å². The number of aliphatic hydroxyl groups excluding tert-OH is 1. The van der Waals surface area contributed by atoms with Crippen molar-refractivity contribution in [2.24, 2.45) is 0 Å². The molecule has 0 spiro atoms. The molecule has 3 nitrogen and oxygen atoms in total. The zero-order valence-electron chi connectivity index (χ0n) is 15.6. The van der Waals surface area contributed by atoms with E-state index in [1.54, 1.807) is 0 Å². The molecule has 1 N–H and O–H groups in total. The molecule has 1 aliphatic heterocycles. The Morgan fingerprint density at radius 2 is 1.77 bits per heavy atom. The minimum atomic E-state index is -0.257. The van der Waals surface area contributed by atoms with Gasteiger partial charge in [-0.15, -0.1) is 0 Å². The fraction of sp³-hybridized carbons (Fsp3) is 0.455. The lowest BCUT2D eigenvalue weighted by Crippen LogP contribution is -2.56. The third-order valence-corrected chi connectivity index (χ3v) is 7.00. The molecule has 0 saturated carbocycles. The highest BCUT2D eigenvalue weighted by Crippen LogP contribution is 2.30. The molecule has 2 atom stereocenters. The summed E-state index contributed by atoms with van der Waals surface area (Å²) in [5.74, 6) is 0. The maximum atomic E-state index is 10.8. The van der Waals surface area contributed by atoms with Crippen LogP contribution in [0.15, 0.2) is 36.4 Å². The molecule has 0 radical (unpaired) electrons. The average molecular weight is 462 g/mol. The lowest BCUT2D eigenvalue weighted by molar-refractivity contribution is 0.0393. The second kappa shape index (κ2) is 7.49. The Morgan fingerprint density at radius 3 is 2.54 bits per heavy atom. The average Bonchev–Trinajstić information content (AvgIpc) is 2.64. The molecular weight excluding hydrogens is 435 g/mol. The number of benzene rings is 2. The van der Waals surface area contributed by atoms with Crippen LogP contribution in [0.2, 0.25) is 0 Å². The van der Waals surface area contributed by atoms with E-state index in [0.717, 1.165) is 39.0 Å². The van der Waals surface area contributed by atoms with E-state index >= 15 is 0 Å². The zero-order valence-corrected chi connectivity index (χ0v) is 17.7. The topological polar surface area (TPSA) is 26.7 Å². The third kappa shape index (κ3) is 3.51. The van der Waals surface area contributed by atoms with Crippen LogP contribution in [0.25, 0.3) is 0 Å². The summed E-state index contributed by atoms with van der Waals surface area (Å²) in [4.78, 5) is 5.02. The van der Waals surface area contributed by atoms with Gasteiger partial charge in [0.05, 0.1) is 6.10 Å². The van der Waals surface area contributed by atoms with Crippen molar-refractivity contribution < 1.29 is 5.11 Å². The lowest BCUT2D eigenvalue weighted by Gasteiger charge is -2.44. The largest absolute Gasteiger partial charge is 0.391 e. The molecule has 2 aliphatic rings. The molecule has 1 heterocycles. The number of piperazine rings is 1. The van der Waals surface area contributed by atoms with Crippen LogP contribution in [0.1, 0.15) is 22.3 Å². The summed E-state index contributed by atoms with van der Waals surface area (Å²) >= 11 is 2.44. The first-order chi connectivity index (χ1) is 12.5. The number of hydrogen-bond donors (Lipinski definition) is 1. The molecule has 26 heavy (non-hydrogen) atoms. The predicted octanol–water partition coefficient (Wildman–Crippen LogP) is 3.56. The fourth-order valence-corrected chi connectivity index (χ4v) is 5.23. The van der Waals surface area contributed by atoms with Crippen molar-refractivity contribution in [2.75, 3.05) is 31.1 Å². The Labute approximate surface area is 170 Å². The summed E-state index contributed by atoms with van der Waals surface area (Å²) in [5, 5.41) is 10.8. The first kappa shape index (κ1) is 18.3. The van der Waals surface area contributed by atoms with E-state index in [-0.39, 0.29) is 12.1 Å². The summed E-state index contributed by atoms with van der Waals surface area (Å²) in [5.41, 5.74) is 6.82. The van der Waals surface area contributed by atoms with E-state index in [9.17, 15) is 5.11 Å². The van der Waals surface area contributed by atoms with Crippen molar-refractivity contribution in [3.63, 3.8) is 0 Å². The Balaban J connectivity index is 1.46. The first-order valence-corrected chi connectivity index (χ1v) is 10.6. The van der Waals surface area contributed by atoms with Crippen LogP contribution in [0.4, 0.5) is 5.69 Å². The second-order valence-electron chi connectivity index (χ2n) is 7.73. The van der Waals surface area contributed by atoms with E-state index in [4.69, 9.17) is 0 Å². The second-order valence-corrected chi connectivity index (χ2v) is 8.90. The Hall–Kier alpha value is -1.11. The quantitative estimate of drug-likeness (QED) is 0.692. The van der Waals surface area contributed by atoms with Gasteiger partial charge in [-0.1, -0.05) is 24.3 Å². The molecule has 1 aliphatic carbocycles. The molecule has 0 aromatic heterocycles. The Kier molecular flexibility index (Phi) is 5.26. The Morgan fingerprint density at radius 1 is 1.00 bits per heavy atom. The van der Waals surface area contributed by atoms with Gasteiger partial charge in [0, 0.05) is 47.9 Å². The van der Waals surface area contributed by atoms with Crippen LogP contribution < -0.4 is 4.90 Å². The first-order valence-electron chi connectivity index (χ1n) is 9.53. The minimum absolute atomic E-state index is 0.249. The van der Waals surface area contributed by atoms with Crippen LogP contribution in [0.3, 0.4) is 0 Å². The van der Waals surface area contributed by atoms with Crippen molar-refractivity contribution in [3.8, 4) is 0 Å². The maximum Gasteiger partial charge on any atom is 0.0739 e. The molecule has 138 valence electrons. The monoisotopic (exact) mass is 462 g/mol. The van der Waals surface area contributed by atoms with Gasteiger partial charge < -0.3 is 10.0 Å². The molecule has 0 amide bonds. The molecule has 2 unspecified atom stereocenters. The summed E-state index contributed by atoms with van der Waals surface area (Å²) in [6.45, 7) is 8.47. The number of anilines is 1. The Bertz CT molecular complexity index is 799. The number of nitrogens with zero attached hydrogens (tertiary/aromatic N) is 2. The molecular formula is C22H27IN2O. The van der Waals surface area contributed by atoms with Crippen molar-refractivity contribution >= 4 is 28.3 Å². The highest BCUT2D eigenvalue weighted by atomic mass is 127. The predicted molar refractivity (Wildman–Crippen MR) is 116 cm³/mol. The van der Waals surface area contributed by atoms with Gasteiger partial charge in [-0.25, -0.2) is 0 Å². The van der Waals surface area contributed by atoms with Gasteiger partial charge in [0.25, 0.3) is 0 Å². The number of aryl methyl sites for hydroxylation is 2. The van der Waals surface area contributed by atoms with E-state index in [1.807, 2.05) is 0 Å². The van der Waals surface area contributed by atoms with Gasteiger partial charge >= 0.3 is 0 Å². The van der Waals surface area contributed by atoms with Gasteiger partial charge in [-0.2, -0.15) is 0 Å². The molecule has 1 fully saturated rings. The number of halogens is 1. The molecule has 1 saturated heterocycles. The smallest absolute Gasteiger partial charge is 0.0739 e. The highest BCUT2D eigenvalue weighted by Gasteiger charge is 2.34. The lowest BCUT2D eigenvalue weighted by atomic mass is 9.85. The van der Waals surface area contributed by atoms with Crippen LogP contribution in [-0.2, 0) is 12.8 Å². The van der Waals surface area contributed by atoms with Crippen molar-refractivity contribution in [1.82, 2.24) is 4.90 Å². The molecule has 2 aromatic rings. The van der Waals surface area contributed by atoms with Gasteiger partial charge in [-0.3, -0.25) is 4.90 Å². The number of rotatable bonds is 2. The SMILES string of the molecule is Cc1ccc(C)c(N2CCN(C3Cc4c(I)cccc4CC3O)CC2)c1. The summed E-state index contributed by atoms with van der Waals surface area (Å²) in [6, 6.07) is 13.4. The summed E-state index contributed by atoms with van der Waals surface area (Å²) in [6.07, 6.45) is 1.50. The molecule has 4 heteroatoms. The summed E-state index contributed by atoms with van der Waals surface area (Å²) < 4.78 is 1.34. The maximum absolute atomic E-state index is 10.8. The van der Waals surface area contributed by atoms with Gasteiger partial charge in [0.15, 0.2) is 0 Å². The fourth-order valence-electron chi connectivity index (χ4n) is 4.46.